The molecule has 4 nitrogen and oxygen atoms in total. The molecule has 0 atom stereocenters. The Bertz CT molecular complexity index is 363. The molecule has 0 aliphatic heterocycles. The van der Waals surface area contributed by atoms with Gasteiger partial charge in [0.25, 0.3) is 5.91 Å². The van der Waals surface area contributed by atoms with Crippen molar-refractivity contribution in [1.29, 1.82) is 0 Å². The number of alkyl halides is 1. The number of aromatic nitrogens is 1. The molecule has 0 fully saturated rings. The first-order valence-corrected chi connectivity index (χ1v) is 6.46. The first-order valence-electron chi connectivity index (χ1n) is 5.93. The van der Waals surface area contributed by atoms with Crippen molar-refractivity contribution >= 4 is 17.5 Å². The van der Waals surface area contributed by atoms with Crippen LogP contribution in [0.15, 0.2) is 4.42 Å². The quantitative estimate of drug-likeness (QED) is 0.604. The summed E-state index contributed by atoms with van der Waals surface area (Å²) in [5, 5.41) is 2.82. The van der Waals surface area contributed by atoms with Crippen LogP contribution in [0.5, 0.6) is 0 Å². The zero-order valence-electron chi connectivity index (χ0n) is 10.4. The van der Waals surface area contributed by atoms with Gasteiger partial charge in [-0.25, -0.2) is 4.98 Å². The van der Waals surface area contributed by atoms with Crippen LogP contribution < -0.4 is 5.32 Å². The third-order valence-electron chi connectivity index (χ3n) is 2.46. The normalized spacial score (nSPS) is 10.5. The molecule has 1 aromatic rings. The number of carbonyl (C=O) groups excluding carboxylic acids is 1. The lowest BCUT2D eigenvalue weighted by Crippen LogP contribution is -2.24. The summed E-state index contributed by atoms with van der Waals surface area (Å²) >= 11 is 5.58. The number of rotatable bonds is 7. The fourth-order valence-electron chi connectivity index (χ4n) is 1.60. The Kier molecular flexibility index (Phi) is 6.05. The molecule has 0 aliphatic carbocycles. The van der Waals surface area contributed by atoms with Gasteiger partial charge in [-0.2, -0.15) is 0 Å². The number of aryl methyl sites for hydroxylation is 2. The van der Waals surface area contributed by atoms with Crippen molar-refractivity contribution in [3.8, 4) is 0 Å². The number of nitrogens with zero attached hydrogens (tertiary/aromatic N) is 1. The van der Waals surface area contributed by atoms with Gasteiger partial charge in [-0.1, -0.05) is 12.8 Å². The van der Waals surface area contributed by atoms with Crippen LogP contribution in [0.1, 0.15) is 47.8 Å². The third-order valence-corrected chi connectivity index (χ3v) is 2.72. The molecule has 0 aliphatic rings. The SMILES string of the molecule is Cc1nc(C)c(C(=O)NCCCCCCCl)o1. The van der Waals surface area contributed by atoms with E-state index in [1.54, 1.807) is 13.8 Å². The first-order chi connectivity index (χ1) is 8.15. The van der Waals surface area contributed by atoms with Gasteiger partial charge in [0.2, 0.25) is 5.76 Å². The number of amides is 1. The molecule has 0 aromatic carbocycles. The fourth-order valence-corrected chi connectivity index (χ4v) is 1.79. The van der Waals surface area contributed by atoms with Crippen molar-refractivity contribution in [3.63, 3.8) is 0 Å². The fraction of sp³-hybridized carbons (Fsp3) is 0.667. The predicted molar refractivity (Wildman–Crippen MR) is 67.5 cm³/mol. The lowest BCUT2D eigenvalue weighted by molar-refractivity contribution is 0.0923. The van der Waals surface area contributed by atoms with E-state index < -0.39 is 0 Å². The molecule has 96 valence electrons. The standard InChI is InChI=1S/C12H19ClN2O2/c1-9-11(17-10(2)15-9)12(16)14-8-6-4-3-5-7-13/h3-8H2,1-2H3,(H,14,16). The van der Waals surface area contributed by atoms with Crippen molar-refractivity contribution in [3.05, 3.63) is 17.3 Å². The van der Waals surface area contributed by atoms with Gasteiger partial charge in [-0.05, 0) is 19.8 Å². The van der Waals surface area contributed by atoms with E-state index in [1.807, 2.05) is 0 Å². The zero-order valence-corrected chi connectivity index (χ0v) is 11.1. The molecule has 17 heavy (non-hydrogen) atoms. The van der Waals surface area contributed by atoms with Gasteiger partial charge in [0.05, 0.1) is 5.69 Å². The van der Waals surface area contributed by atoms with Gasteiger partial charge in [0.1, 0.15) is 0 Å². The minimum absolute atomic E-state index is 0.180. The van der Waals surface area contributed by atoms with Crippen LogP contribution in [-0.4, -0.2) is 23.3 Å². The largest absolute Gasteiger partial charge is 0.436 e. The Labute approximate surface area is 107 Å². The molecule has 5 heteroatoms. The molecule has 0 radical (unpaired) electrons. The van der Waals surface area contributed by atoms with Gasteiger partial charge in [-0.3, -0.25) is 4.79 Å². The summed E-state index contributed by atoms with van der Waals surface area (Å²) in [7, 11) is 0. The second kappa shape index (κ2) is 7.33. The average molecular weight is 259 g/mol. The molecule has 1 rings (SSSR count). The van der Waals surface area contributed by atoms with E-state index in [-0.39, 0.29) is 5.91 Å². The number of hydrogen-bond donors (Lipinski definition) is 1. The van der Waals surface area contributed by atoms with Crippen molar-refractivity contribution in [1.82, 2.24) is 10.3 Å². The summed E-state index contributed by atoms with van der Waals surface area (Å²) in [6.45, 7) is 4.17. The first kappa shape index (κ1) is 14.0. The van der Waals surface area contributed by atoms with E-state index in [4.69, 9.17) is 16.0 Å². The molecule has 1 aromatic heterocycles. The molecule has 0 spiro atoms. The van der Waals surface area contributed by atoms with Gasteiger partial charge in [0, 0.05) is 19.3 Å². The Balaban J connectivity index is 2.23. The highest BCUT2D eigenvalue weighted by atomic mass is 35.5. The minimum Gasteiger partial charge on any atom is -0.436 e. The van der Waals surface area contributed by atoms with Crippen LogP contribution in [-0.2, 0) is 0 Å². The highest BCUT2D eigenvalue weighted by Crippen LogP contribution is 2.09. The number of nitrogens with one attached hydrogen (secondary N) is 1. The van der Waals surface area contributed by atoms with Crippen LogP contribution in [0.3, 0.4) is 0 Å². The molecule has 1 amide bonds. The average Bonchev–Trinajstić information content (AvgIpc) is 2.62. The highest BCUT2D eigenvalue weighted by Gasteiger charge is 2.14. The van der Waals surface area contributed by atoms with Crippen molar-refractivity contribution in [2.24, 2.45) is 0 Å². The second-order valence-electron chi connectivity index (χ2n) is 4.01. The zero-order chi connectivity index (χ0) is 12.7. The molecule has 0 saturated carbocycles. The molecular formula is C12H19ClN2O2. The lowest BCUT2D eigenvalue weighted by atomic mass is 10.2. The topological polar surface area (TPSA) is 55.1 Å². The minimum atomic E-state index is -0.180. The number of hydrogen-bond acceptors (Lipinski definition) is 3. The molecule has 0 unspecified atom stereocenters. The number of halogens is 1. The Morgan fingerprint density at radius 3 is 2.59 bits per heavy atom. The van der Waals surface area contributed by atoms with Crippen LogP contribution in [0.2, 0.25) is 0 Å². The van der Waals surface area contributed by atoms with Gasteiger partial charge in [-0.15, -0.1) is 11.6 Å². The van der Waals surface area contributed by atoms with Crippen LogP contribution in [0.25, 0.3) is 0 Å². The summed E-state index contributed by atoms with van der Waals surface area (Å²) in [5.74, 6) is 1.38. The van der Waals surface area contributed by atoms with Crippen LogP contribution in [0, 0.1) is 13.8 Å². The third kappa shape index (κ3) is 4.77. The molecular weight excluding hydrogens is 240 g/mol. The monoisotopic (exact) mass is 258 g/mol. The van der Waals surface area contributed by atoms with Gasteiger partial charge >= 0.3 is 0 Å². The Morgan fingerprint density at radius 1 is 1.29 bits per heavy atom. The van der Waals surface area contributed by atoms with E-state index in [9.17, 15) is 4.79 Å². The van der Waals surface area contributed by atoms with Crippen molar-refractivity contribution in [2.45, 2.75) is 39.5 Å². The Morgan fingerprint density at radius 2 is 2.00 bits per heavy atom. The lowest BCUT2D eigenvalue weighted by Gasteiger charge is -2.03. The van der Waals surface area contributed by atoms with Crippen molar-refractivity contribution in [2.75, 3.05) is 12.4 Å². The maximum absolute atomic E-state index is 11.7. The Hall–Kier alpha value is -1.03. The van der Waals surface area contributed by atoms with Crippen LogP contribution >= 0.6 is 11.6 Å². The van der Waals surface area contributed by atoms with E-state index in [0.717, 1.165) is 25.7 Å². The maximum Gasteiger partial charge on any atom is 0.289 e. The predicted octanol–water partition coefficient (Wildman–Crippen LogP) is 2.82. The van der Waals surface area contributed by atoms with Crippen molar-refractivity contribution < 1.29 is 9.21 Å². The van der Waals surface area contributed by atoms with E-state index in [1.165, 1.54) is 0 Å². The summed E-state index contributed by atoms with van der Waals surface area (Å²) in [4.78, 5) is 15.8. The maximum atomic E-state index is 11.7. The number of oxazole rings is 1. The molecule has 1 heterocycles. The second-order valence-corrected chi connectivity index (χ2v) is 4.38. The van der Waals surface area contributed by atoms with E-state index in [0.29, 0.717) is 29.8 Å². The highest BCUT2D eigenvalue weighted by molar-refractivity contribution is 6.17. The van der Waals surface area contributed by atoms with Crippen LogP contribution in [0.4, 0.5) is 0 Å². The summed E-state index contributed by atoms with van der Waals surface area (Å²) in [5.41, 5.74) is 0.641. The summed E-state index contributed by atoms with van der Waals surface area (Å²) in [6.07, 6.45) is 4.20. The summed E-state index contributed by atoms with van der Waals surface area (Å²) in [6, 6.07) is 0. The summed E-state index contributed by atoms with van der Waals surface area (Å²) < 4.78 is 5.23. The molecule has 0 saturated heterocycles. The molecule has 1 N–H and O–H groups in total. The number of carbonyl (C=O) groups is 1. The smallest absolute Gasteiger partial charge is 0.289 e. The molecule has 0 bridgehead atoms. The van der Waals surface area contributed by atoms with Gasteiger partial charge < -0.3 is 9.73 Å². The van der Waals surface area contributed by atoms with Gasteiger partial charge in [0.15, 0.2) is 5.89 Å². The van der Waals surface area contributed by atoms with E-state index in [2.05, 4.69) is 10.3 Å². The van der Waals surface area contributed by atoms with E-state index >= 15 is 0 Å². The number of unbranched alkanes of at least 4 members (excludes halogenated alkanes) is 3.